The topological polar surface area (TPSA) is 122 Å². The third-order valence-electron chi connectivity index (χ3n) is 4.18. The third-order valence-corrected chi connectivity index (χ3v) is 5.66. The highest BCUT2D eigenvalue weighted by Crippen LogP contribution is 2.35. The van der Waals surface area contributed by atoms with Crippen LogP contribution in [0.1, 0.15) is 11.1 Å². The zero-order valence-corrected chi connectivity index (χ0v) is 16.8. The molecule has 0 aliphatic rings. The van der Waals surface area contributed by atoms with Gasteiger partial charge in [-0.15, -0.1) is 0 Å². The highest BCUT2D eigenvalue weighted by atomic mass is 32.2. The van der Waals surface area contributed by atoms with E-state index in [4.69, 9.17) is 9.84 Å². The van der Waals surface area contributed by atoms with E-state index < -0.39 is 10.0 Å². The summed E-state index contributed by atoms with van der Waals surface area (Å²) in [5.74, 6) is 0.00663. The Kier molecular flexibility index (Phi) is 6.00. The van der Waals surface area contributed by atoms with E-state index in [9.17, 15) is 13.5 Å². The minimum Gasteiger partial charge on any atom is -0.508 e. The van der Waals surface area contributed by atoms with Gasteiger partial charge in [-0.3, -0.25) is 4.72 Å². The summed E-state index contributed by atoms with van der Waals surface area (Å²) >= 11 is 0. The van der Waals surface area contributed by atoms with Gasteiger partial charge in [0.25, 0.3) is 10.0 Å². The van der Waals surface area contributed by atoms with Crippen LogP contribution in [0.25, 0.3) is 11.1 Å². The number of nitrogens with one attached hydrogen (secondary N) is 1. The Morgan fingerprint density at radius 3 is 2.48 bits per heavy atom. The van der Waals surface area contributed by atoms with Crippen molar-refractivity contribution in [1.29, 1.82) is 0 Å². The minimum atomic E-state index is -4.05. The Hall–Kier alpha value is -3.17. The molecule has 0 unspecified atom stereocenters. The fraction of sp³-hybridized carbons (Fsp3) is 0.200. The lowest BCUT2D eigenvalue weighted by Gasteiger charge is -2.16. The smallest absolute Gasteiger partial charge is 0.263 e. The van der Waals surface area contributed by atoms with Crippen molar-refractivity contribution in [1.82, 2.24) is 9.97 Å². The highest BCUT2D eigenvalue weighted by molar-refractivity contribution is 7.92. The normalized spacial score (nSPS) is 11.3. The number of hydrogen-bond acceptors (Lipinski definition) is 7. The first-order valence-electron chi connectivity index (χ1n) is 8.80. The molecule has 0 radical (unpaired) electrons. The van der Waals surface area contributed by atoms with Crippen molar-refractivity contribution < 1.29 is 23.4 Å². The van der Waals surface area contributed by atoms with Gasteiger partial charge in [0.05, 0.1) is 17.1 Å². The van der Waals surface area contributed by atoms with Crippen LogP contribution in [-0.4, -0.2) is 41.8 Å². The molecule has 0 fully saturated rings. The molecule has 0 bridgehead atoms. The van der Waals surface area contributed by atoms with E-state index in [0.29, 0.717) is 16.7 Å². The van der Waals surface area contributed by atoms with Crippen LogP contribution in [0.3, 0.4) is 0 Å². The number of aliphatic hydroxyl groups is 1. The molecule has 0 amide bonds. The lowest BCUT2D eigenvalue weighted by Crippen LogP contribution is -2.17. The zero-order valence-electron chi connectivity index (χ0n) is 16.0. The number of benzene rings is 2. The number of phenols is 1. The van der Waals surface area contributed by atoms with Crippen LogP contribution < -0.4 is 9.46 Å². The molecule has 152 valence electrons. The van der Waals surface area contributed by atoms with E-state index in [1.165, 1.54) is 24.5 Å². The molecule has 0 saturated carbocycles. The fourth-order valence-electron chi connectivity index (χ4n) is 2.74. The Bertz CT molecular complexity index is 1120. The van der Waals surface area contributed by atoms with E-state index in [2.05, 4.69) is 14.7 Å². The molecule has 9 heteroatoms. The summed E-state index contributed by atoms with van der Waals surface area (Å²) in [6, 6.07) is 11.5. The van der Waals surface area contributed by atoms with Crippen LogP contribution in [0.15, 0.2) is 53.7 Å². The van der Waals surface area contributed by atoms with E-state index in [1.54, 1.807) is 19.1 Å². The van der Waals surface area contributed by atoms with Gasteiger partial charge in [-0.05, 0) is 31.0 Å². The first-order valence-corrected chi connectivity index (χ1v) is 10.3. The molecular formula is C20H21N3O5S. The van der Waals surface area contributed by atoms with Gasteiger partial charge in [-0.2, -0.15) is 0 Å². The molecule has 0 spiro atoms. The number of aromatic hydroxyl groups is 1. The lowest BCUT2D eigenvalue weighted by molar-refractivity contribution is 0.197. The van der Waals surface area contributed by atoms with Crippen molar-refractivity contribution in [3.8, 4) is 22.8 Å². The largest absolute Gasteiger partial charge is 0.508 e. The minimum absolute atomic E-state index is 0.00622. The van der Waals surface area contributed by atoms with Crippen LogP contribution >= 0.6 is 0 Å². The van der Waals surface area contributed by atoms with Gasteiger partial charge >= 0.3 is 0 Å². The van der Waals surface area contributed by atoms with Gasteiger partial charge in [-0.25, -0.2) is 18.4 Å². The van der Waals surface area contributed by atoms with E-state index in [0.717, 1.165) is 5.56 Å². The molecule has 0 saturated heterocycles. The van der Waals surface area contributed by atoms with E-state index in [1.807, 2.05) is 19.1 Å². The molecule has 1 aromatic heterocycles. The average Bonchev–Trinajstić information content (AvgIpc) is 2.69. The molecule has 8 nitrogen and oxygen atoms in total. The van der Waals surface area contributed by atoms with Crippen molar-refractivity contribution in [2.45, 2.75) is 18.7 Å². The number of aryl methyl sites for hydroxylation is 2. The number of ether oxygens (including phenoxy) is 1. The summed E-state index contributed by atoms with van der Waals surface area (Å²) in [5, 5.41) is 18.8. The lowest BCUT2D eigenvalue weighted by atomic mass is 10.1. The van der Waals surface area contributed by atoms with Gasteiger partial charge < -0.3 is 14.9 Å². The third kappa shape index (κ3) is 4.64. The maximum atomic E-state index is 13.0. The van der Waals surface area contributed by atoms with Crippen LogP contribution in [0, 0.1) is 13.8 Å². The van der Waals surface area contributed by atoms with Crippen LogP contribution in [0.5, 0.6) is 11.6 Å². The predicted octanol–water partition coefficient (Wildman–Crippen LogP) is 2.64. The summed E-state index contributed by atoms with van der Waals surface area (Å²) in [6.07, 6.45) is 1.18. The number of hydrogen-bond donors (Lipinski definition) is 3. The number of aliphatic hydroxyl groups excluding tert-OH is 1. The molecular weight excluding hydrogens is 394 g/mol. The van der Waals surface area contributed by atoms with Crippen molar-refractivity contribution in [2.75, 3.05) is 17.9 Å². The standard InChI is InChI=1S/C20H21N3O5S/c1-13-3-6-15(7-4-13)18-19(21-12-22-20(18)28-10-9-24)23-29(26,27)17-11-16(25)8-5-14(17)2/h3-8,11-12,24-25H,9-10H2,1-2H3,(H,21,22,23). The Balaban J connectivity index is 2.11. The van der Waals surface area contributed by atoms with Gasteiger partial charge in [0.2, 0.25) is 5.88 Å². The second kappa shape index (κ2) is 8.46. The molecule has 2 aromatic carbocycles. The number of sulfonamides is 1. The van der Waals surface area contributed by atoms with Gasteiger partial charge in [0, 0.05) is 6.07 Å². The van der Waals surface area contributed by atoms with Gasteiger partial charge in [0.15, 0.2) is 5.82 Å². The average molecular weight is 415 g/mol. The zero-order chi connectivity index (χ0) is 21.0. The fourth-order valence-corrected chi connectivity index (χ4v) is 4.03. The molecule has 0 aliphatic heterocycles. The summed E-state index contributed by atoms with van der Waals surface area (Å²) in [5.41, 5.74) is 2.50. The number of rotatable bonds is 7. The van der Waals surface area contributed by atoms with E-state index in [-0.39, 0.29) is 35.6 Å². The molecule has 29 heavy (non-hydrogen) atoms. The first-order chi connectivity index (χ1) is 13.8. The first kappa shape index (κ1) is 20.6. The predicted molar refractivity (Wildman–Crippen MR) is 108 cm³/mol. The molecule has 3 rings (SSSR count). The monoisotopic (exact) mass is 415 g/mol. The Morgan fingerprint density at radius 2 is 1.79 bits per heavy atom. The summed E-state index contributed by atoms with van der Waals surface area (Å²) in [4.78, 5) is 8.13. The van der Waals surface area contributed by atoms with Crippen molar-refractivity contribution in [3.63, 3.8) is 0 Å². The van der Waals surface area contributed by atoms with Crippen molar-refractivity contribution in [3.05, 3.63) is 59.9 Å². The maximum Gasteiger partial charge on any atom is 0.263 e. The van der Waals surface area contributed by atoms with Crippen molar-refractivity contribution >= 4 is 15.8 Å². The van der Waals surface area contributed by atoms with Gasteiger partial charge in [-0.1, -0.05) is 35.9 Å². The molecule has 1 heterocycles. The summed E-state index contributed by atoms with van der Waals surface area (Å²) in [6.45, 7) is 3.34. The van der Waals surface area contributed by atoms with Crippen LogP contribution in [0.2, 0.25) is 0 Å². The number of aromatic nitrogens is 2. The SMILES string of the molecule is Cc1ccc(-c2c(NS(=O)(=O)c3cc(O)ccc3C)ncnc2OCCO)cc1. The van der Waals surface area contributed by atoms with Crippen LogP contribution in [0.4, 0.5) is 5.82 Å². The summed E-state index contributed by atoms with van der Waals surface area (Å²) < 4.78 is 33.9. The van der Waals surface area contributed by atoms with Crippen molar-refractivity contribution in [2.24, 2.45) is 0 Å². The number of anilines is 1. The van der Waals surface area contributed by atoms with E-state index >= 15 is 0 Å². The Labute approximate surface area is 168 Å². The number of phenolic OH excluding ortho intramolecular Hbond substituents is 1. The molecule has 3 aromatic rings. The quantitative estimate of drug-likeness (QED) is 0.542. The summed E-state index contributed by atoms with van der Waals surface area (Å²) in [7, 11) is -4.05. The van der Waals surface area contributed by atoms with Gasteiger partial charge in [0.1, 0.15) is 18.7 Å². The maximum absolute atomic E-state index is 13.0. The molecule has 0 aliphatic carbocycles. The van der Waals surface area contributed by atoms with Crippen LogP contribution in [-0.2, 0) is 10.0 Å². The molecule has 3 N–H and O–H groups in total. The second-order valence-electron chi connectivity index (χ2n) is 6.40. The number of nitrogens with zero attached hydrogens (tertiary/aromatic N) is 2. The Morgan fingerprint density at radius 1 is 1.07 bits per heavy atom. The second-order valence-corrected chi connectivity index (χ2v) is 8.05. The molecule has 0 atom stereocenters. The highest BCUT2D eigenvalue weighted by Gasteiger charge is 2.23.